The maximum Gasteiger partial charge on any atom is 0.227 e. The van der Waals surface area contributed by atoms with E-state index in [1.807, 2.05) is 60.5 Å². The van der Waals surface area contributed by atoms with E-state index in [1.165, 1.54) is 0 Å². The molecule has 0 radical (unpaired) electrons. The molecule has 29 heavy (non-hydrogen) atoms. The van der Waals surface area contributed by atoms with Crippen molar-refractivity contribution in [3.8, 4) is 11.6 Å². The number of nitrogens with zero attached hydrogens (tertiary/aromatic N) is 6. The van der Waals surface area contributed by atoms with Crippen molar-refractivity contribution in [3.63, 3.8) is 0 Å². The van der Waals surface area contributed by atoms with Gasteiger partial charge in [0, 0.05) is 32.4 Å². The summed E-state index contributed by atoms with van der Waals surface area (Å²) in [4.78, 5) is 16.7. The topological polar surface area (TPSA) is 76.4 Å². The Kier molecular flexibility index (Phi) is 5.41. The largest absolute Gasteiger partial charge is 0.497 e. The molecule has 1 aliphatic rings. The van der Waals surface area contributed by atoms with E-state index in [4.69, 9.17) is 4.74 Å². The molecule has 150 valence electrons. The third-order valence-corrected chi connectivity index (χ3v) is 5.06. The number of aryl methyl sites for hydroxylation is 1. The van der Waals surface area contributed by atoms with Crippen LogP contribution in [-0.2, 0) is 11.2 Å². The summed E-state index contributed by atoms with van der Waals surface area (Å²) in [6.07, 6.45) is 2.27. The van der Waals surface area contributed by atoms with Crippen LogP contribution in [0.15, 0.2) is 48.7 Å². The molecule has 3 aromatic rings. The Balaban J connectivity index is 1.32. The molecule has 0 saturated carbocycles. The normalized spacial score (nSPS) is 14.1. The Morgan fingerprint density at radius 2 is 1.66 bits per heavy atom. The first-order valence-electron chi connectivity index (χ1n) is 9.64. The Morgan fingerprint density at radius 3 is 2.24 bits per heavy atom. The fraction of sp³-hybridized carbons (Fsp3) is 0.333. The van der Waals surface area contributed by atoms with Gasteiger partial charge in [0.2, 0.25) is 5.91 Å². The average molecular weight is 392 g/mol. The van der Waals surface area contributed by atoms with Crippen LogP contribution >= 0.6 is 0 Å². The third-order valence-electron chi connectivity index (χ3n) is 5.06. The zero-order valence-electron chi connectivity index (χ0n) is 16.7. The minimum Gasteiger partial charge on any atom is -0.497 e. The zero-order valence-corrected chi connectivity index (χ0v) is 16.7. The van der Waals surface area contributed by atoms with Gasteiger partial charge in [0.05, 0.1) is 19.2 Å². The fourth-order valence-electron chi connectivity index (χ4n) is 3.37. The number of anilines is 1. The van der Waals surface area contributed by atoms with Gasteiger partial charge in [-0.3, -0.25) is 4.79 Å². The van der Waals surface area contributed by atoms with Crippen molar-refractivity contribution < 1.29 is 9.53 Å². The second kappa shape index (κ2) is 8.30. The Morgan fingerprint density at radius 1 is 0.966 bits per heavy atom. The number of aromatic nitrogens is 4. The summed E-state index contributed by atoms with van der Waals surface area (Å²) in [6.45, 7) is 4.77. The molecule has 0 aliphatic carbocycles. The van der Waals surface area contributed by atoms with Crippen molar-refractivity contribution >= 4 is 11.7 Å². The van der Waals surface area contributed by atoms with Gasteiger partial charge in [0.25, 0.3) is 0 Å². The average Bonchev–Trinajstić information content (AvgIpc) is 3.21. The number of rotatable bonds is 5. The molecule has 4 rings (SSSR count). The highest BCUT2D eigenvalue weighted by molar-refractivity contribution is 5.79. The van der Waals surface area contributed by atoms with Crippen LogP contribution in [0.5, 0.6) is 5.75 Å². The number of piperazine rings is 1. The Hall–Kier alpha value is -3.42. The van der Waals surface area contributed by atoms with Crippen LogP contribution in [-0.4, -0.2) is 64.1 Å². The van der Waals surface area contributed by atoms with E-state index < -0.39 is 0 Å². The molecule has 0 atom stereocenters. The third kappa shape index (κ3) is 4.37. The predicted molar refractivity (Wildman–Crippen MR) is 109 cm³/mol. The van der Waals surface area contributed by atoms with Gasteiger partial charge in [0.15, 0.2) is 11.6 Å². The first-order valence-corrected chi connectivity index (χ1v) is 9.64. The van der Waals surface area contributed by atoms with E-state index in [-0.39, 0.29) is 5.91 Å². The van der Waals surface area contributed by atoms with Crippen LogP contribution in [0, 0.1) is 6.92 Å². The molecule has 8 heteroatoms. The highest BCUT2D eigenvalue weighted by Crippen LogP contribution is 2.16. The second-order valence-electron chi connectivity index (χ2n) is 7.04. The van der Waals surface area contributed by atoms with E-state index in [2.05, 4.69) is 20.2 Å². The van der Waals surface area contributed by atoms with Gasteiger partial charge in [-0.1, -0.05) is 12.1 Å². The quantitative estimate of drug-likeness (QED) is 0.660. The number of amides is 1. The van der Waals surface area contributed by atoms with Crippen LogP contribution in [0.3, 0.4) is 0 Å². The van der Waals surface area contributed by atoms with Crippen molar-refractivity contribution in [2.45, 2.75) is 13.3 Å². The van der Waals surface area contributed by atoms with Gasteiger partial charge < -0.3 is 14.5 Å². The molecule has 1 aliphatic heterocycles. The number of hydrogen-bond donors (Lipinski definition) is 0. The van der Waals surface area contributed by atoms with E-state index in [9.17, 15) is 4.79 Å². The van der Waals surface area contributed by atoms with Crippen LogP contribution in [0.2, 0.25) is 0 Å². The molecular weight excluding hydrogens is 368 g/mol. The van der Waals surface area contributed by atoms with E-state index in [0.717, 1.165) is 35.9 Å². The number of benzene rings is 1. The van der Waals surface area contributed by atoms with Crippen molar-refractivity contribution in [1.82, 2.24) is 24.9 Å². The zero-order chi connectivity index (χ0) is 20.2. The molecule has 8 nitrogen and oxygen atoms in total. The van der Waals surface area contributed by atoms with Crippen LogP contribution < -0.4 is 9.64 Å². The minimum absolute atomic E-state index is 0.144. The maximum absolute atomic E-state index is 12.6. The monoisotopic (exact) mass is 392 g/mol. The molecule has 3 heterocycles. The predicted octanol–water partition coefficient (Wildman–Crippen LogP) is 1.87. The minimum atomic E-state index is 0.144. The molecule has 1 amide bonds. The van der Waals surface area contributed by atoms with Gasteiger partial charge in [-0.2, -0.15) is 5.10 Å². The van der Waals surface area contributed by atoms with E-state index >= 15 is 0 Å². The summed E-state index contributed by atoms with van der Waals surface area (Å²) in [7, 11) is 1.63. The molecule has 1 aromatic carbocycles. The number of hydrogen-bond acceptors (Lipinski definition) is 6. The molecule has 1 fully saturated rings. The van der Waals surface area contributed by atoms with E-state index in [0.29, 0.717) is 25.3 Å². The molecule has 1 saturated heterocycles. The van der Waals surface area contributed by atoms with Crippen molar-refractivity contribution in [2.24, 2.45) is 0 Å². The van der Waals surface area contributed by atoms with Gasteiger partial charge >= 0.3 is 0 Å². The van der Waals surface area contributed by atoms with Crippen molar-refractivity contribution in [3.05, 3.63) is 59.9 Å². The lowest BCUT2D eigenvalue weighted by Gasteiger charge is -2.35. The highest BCUT2D eigenvalue weighted by Gasteiger charge is 2.22. The Bertz CT molecular complexity index is 960. The number of ether oxygens (including phenoxy) is 1. The summed E-state index contributed by atoms with van der Waals surface area (Å²) in [5, 5.41) is 13.0. The lowest BCUT2D eigenvalue weighted by atomic mass is 10.1. The summed E-state index contributed by atoms with van der Waals surface area (Å²) >= 11 is 0. The van der Waals surface area contributed by atoms with E-state index in [1.54, 1.807) is 11.8 Å². The smallest absolute Gasteiger partial charge is 0.227 e. The maximum atomic E-state index is 12.6. The summed E-state index contributed by atoms with van der Waals surface area (Å²) in [6, 6.07) is 13.4. The molecular formula is C21H24N6O2. The molecule has 2 aromatic heterocycles. The summed E-state index contributed by atoms with van der Waals surface area (Å²) in [5.74, 6) is 2.45. The molecule has 0 unspecified atom stereocenters. The molecule has 0 bridgehead atoms. The SMILES string of the molecule is COc1ccc(CC(=O)N2CCN(c3ccc(-n4ccc(C)n4)nn3)CC2)cc1. The highest BCUT2D eigenvalue weighted by atomic mass is 16.5. The summed E-state index contributed by atoms with van der Waals surface area (Å²) in [5.41, 5.74) is 1.93. The first-order chi connectivity index (χ1) is 14.1. The van der Waals surface area contributed by atoms with Gasteiger partial charge in [-0.05, 0) is 42.8 Å². The van der Waals surface area contributed by atoms with Gasteiger partial charge in [-0.25, -0.2) is 4.68 Å². The molecule has 0 N–H and O–H groups in total. The Labute approximate surface area is 169 Å². The first kappa shape index (κ1) is 18.9. The lowest BCUT2D eigenvalue weighted by Crippen LogP contribution is -2.49. The van der Waals surface area contributed by atoms with Crippen molar-refractivity contribution in [2.75, 3.05) is 38.2 Å². The second-order valence-corrected chi connectivity index (χ2v) is 7.04. The van der Waals surface area contributed by atoms with Gasteiger partial charge in [0.1, 0.15) is 5.75 Å². The fourth-order valence-corrected chi connectivity index (χ4v) is 3.37. The standard InChI is InChI=1S/C21H24N6O2/c1-16-9-10-27(24-16)20-8-7-19(22-23-20)25-11-13-26(14-12-25)21(28)15-17-3-5-18(29-2)6-4-17/h3-10H,11-15H2,1-2H3. The van der Waals surface area contributed by atoms with Crippen LogP contribution in [0.1, 0.15) is 11.3 Å². The number of carbonyl (C=O) groups excluding carboxylic acids is 1. The van der Waals surface area contributed by atoms with Crippen molar-refractivity contribution in [1.29, 1.82) is 0 Å². The summed E-state index contributed by atoms with van der Waals surface area (Å²) < 4.78 is 6.87. The van der Waals surface area contributed by atoms with Crippen LogP contribution in [0.25, 0.3) is 5.82 Å². The van der Waals surface area contributed by atoms with Gasteiger partial charge in [-0.15, -0.1) is 10.2 Å². The number of methoxy groups -OCH3 is 1. The van der Waals surface area contributed by atoms with Crippen LogP contribution in [0.4, 0.5) is 5.82 Å². The molecule has 0 spiro atoms. The number of carbonyl (C=O) groups is 1. The lowest BCUT2D eigenvalue weighted by molar-refractivity contribution is -0.130.